The number of likely N-dealkylation sites (N-methyl/N-ethyl adjacent to an activating group) is 1. The smallest absolute Gasteiger partial charge is 0.308 e. The molecular formula is C24H30N6O3. The molecule has 3 aromatic rings. The molecule has 1 aliphatic carbocycles. The lowest BCUT2D eigenvalue weighted by Crippen LogP contribution is -2.26. The third kappa shape index (κ3) is 4.25. The third-order valence-corrected chi connectivity index (χ3v) is 6.88. The van der Waals surface area contributed by atoms with Crippen LogP contribution >= 0.6 is 0 Å². The Morgan fingerprint density at radius 3 is 2.70 bits per heavy atom. The summed E-state index contributed by atoms with van der Waals surface area (Å²) < 4.78 is 12.5. The summed E-state index contributed by atoms with van der Waals surface area (Å²) >= 11 is 0. The van der Waals surface area contributed by atoms with Gasteiger partial charge in [0.2, 0.25) is 5.95 Å². The Labute approximate surface area is 193 Å². The first-order valence-corrected chi connectivity index (χ1v) is 11.5. The van der Waals surface area contributed by atoms with E-state index in [9.17, 15) is 4.79 Å². The van der Waals surface area contributed by atoms with Gasteiger partial charge in [-0.25, -0.2) is 9.67 Å². The molecule has 0 spiro atoms. The second-order valence-electron chi connectivity index (χ2n) is 9.02. The number of aromatic nitrogens is 4. The molecule has 0 saturated heterocycles. The third-order valence-electron chi connectivity index (χ3n) is 6.88. The molecule has 0 amide bonds. The number of fused-ring (bicyclic) bond motifs is 2. The Bertz CT molecular complexity index is 1170. The Morgan fingerprint density at radius 1 is 1.12 bits per heavy atom. The highest BCUT2D eigenvalue weighted by Gasteiger charge is 2.29. The molecule has 0 unspecified atom stereocenters. The van der Waals surface area contributed by atoms with Gasteiger partial charge in [-0.1, -0.05) is 0 Å². The molecular weight excluding hydrogens is 420 g/mol. The van der Waals surface area contributed by atoms with E-state index in [4.69, 9.17) is 14.5 Å². The Hall–Kier alpha value is -3.20. The van der Waals surface area contributed by atoms with E-state index in [1.807, 2.05) is 4.68 Å². The summed E-state index contributed by atoms with van der Waals surface area (Å²) in [5.41, 5.74) is 4.27. The fraction of sp³-hybridized carbons (Fsp3) is 0.500. The van der Waals surface area contributed by atoms with Crippen LogP contribution in [0.5, 0.6) is 5.75 Å². The standard InChI is InChI=1S/C24H30N6O3/c1-29-9-8-16-11-21(32-2)20(10-17(16)14-29)27-24-25-12-18-13-26-30(22(18)28-24)19-6-4-15(5-7-19)23(31)33-3/h10-13,15,19H,4-9,14H2,1-3H3,(H,25,27,28). The largest absolute Gasteiger partial charge is 0.495 e. The summed E-state index contributed by atoms with van der Waals surface area (Å²) in [5.74, 6) is 1.17. The van der Waals surface area contributed by atoms with Crippen LogP contribution < -0.4 is 10.1 Å². The number of methoxy groups -OCH3 is 2. The zero-order chi connectivity index (χ0) is 22.9. The normalized spacial score (nSPS) is 20.9. The molecule has 9 nitrogen and oxygen atoms in total. The molecule has 0 atom stereocenters. The zero-order valence-electron chi connectivity index (χ0n) is 19.4. The number of ether oxygens (including phenoxy) is 2. The number of carbonyl (C=O) groups excluding carboxylic acids is 1. The summed E-state index contributed by atoms with van der Waals surface area (Å²) in [6, 6.07) is 4.47. The van der Waals surface area contributed by atoms with Gasteiger partial charge in [0, 0.05) is 19.3 Å². The van der Waals surface area contributed by atoms with Crippen molar-refractivity contribution in [2.75, 3.05) is 33.1 Å². The van der Waals surface area contributed by atoms with E-state index in [0.717, 1.165) is 67.7 Å². The van der Waals surface area contributed by atoms with Gasteiger partial charge in [0.1, 0.15) is 5.75 Å². The summed E-state index contributed by atoms with van der Waals surface area (Å²) in [4.78, 5) is 23.5. The minimum absolute atomic E-state index is 0.0181. The van der Waals surface area contributed by atoms with Crippen LogP contribution in [0.25, 0.3) is 11.0 Å². The number of nitrogens with one attached hydrogen (secondary N) is 1. The molecule has 0 radical (unpaired) electrons. The predicted molar refractivity (Wildman–Crippen MR) is 125 cm³/mol. The van der Waals surface area contributed by atoms with Crippen molar-refractivity contribution in [3.63, 3.8) is 0 Å². The number of hydrogen-bond donors (Lipinski definition) is 1. The number of nitrogens with zero attached hydrogens (tertiary/aromatic N) is 5. The van der Waals surface area contributed by atoms with E-state index in [-0.39, 0.29) is 17.9 Å². The van der Waals surface area contributed by atoms with Crippen LogP contribution in [-0.2, 0) is 22.5 Å². The lowest BCUT2D eigenvalue weighted by atomic mass is 9.86. The second kappa shape index (κ2) is 8.97. The van der Waals surface area contributed by atoms with Crippen molar-refractivity contribution in [3.05, 3.63) is 35.7 Å². The Morgan fingerprint density at radius 2 is 1.94 bits per heavy atom. The van der Waals surface area contributed by atoms with Gasteiger partial charge >= 0.3 is 5.97 Å². The maximum Gasteiger partial charge on any atom is 0.308 e. The van der Waals surface area contributed by atoms with Gasteiger partial charge in [-0.2, -0.15) is 10.1 Å². The van der Waals surface area contributed by atoms with Crippen LogP contribution in [0, 0.1) is 5.92 Å². The van der Waals surface area contributed by atoms with Crippen LogP contribution in [0.2, 0.25) is 0 Å². The van der Waals surface area contributed by atoms with E-state index in [1.165, 1.54) is 18.2 Å². The average Bonchev–Trinajstić information content (AvgIpc) is 3.26. The van der Waals surface area contributed by atoms with Gasteiger partial charge in [-0.3, -0.25) is 4.79 Å². The van der Waals surface area contributed by atoms with E-state index in [0.29, 0.717) is 5.95 Å². The molecule has 1 aromatic carbocycles. The molecule has 0 bridgehead atoms. The molecule has 1 aliphatic heterocycles. The molecule has 2 aliphatic rings. The van der Waals surface area contributed by atoms with Gasteiger partial charge in [0.05, 0.1) is 43.4 Å². The molecule has 174 valence electrons. The van der Waals surface area contributed by atoms with Gasteiger partial charge in [-0.05, 0) is 62.4 Å². The van der Waals surface area contributed by atoms with Crippen molar-refractivity contribution in [3.8, 4) is 5.75 Å². The maximum atomic E-state index is 11.9. The Balaban J connectivity index is 1.40. The highest BCUT2D eigenvalue weighted by atomic mass is 16.5. The quantitative estimate of drug-likeness (QED) is 0.591. The van der Waals surface area contributed by atoms with Crippen molar-refractivity contribution in [1.29, 1.82) is 0 Å². The summed E-state index contributed by atoms with van der Waals surface area (Å²) in [6.45, 7) is 1.96. The van der Waals surface area contributed by atoms with Gasteiger partial charge in [0.25, 0.3) is 0 Å². The van der Waals surface area contributed by atoms with Crippen molar-refractivity contribution in [2.24, 2.45) is 5.92 Å². The highest BCUT2D eigenvalue weighted by Crippen LogP contribution is 2.35. The van der Waals surface area contributed by atoms with Gasteiger partial charge in [0.15, 0.2) is 5.65 Å². The minimum atomic E-state index is -0.113. The summed E-state index contributed by atoms with van der Waals surface area (Å²) in [7, 11) is 5.28. The highest BCUT2D eigenvalue weighted by molar-refractivity contribution is 5.76. The topological polar surface area (TPSA) is 94.4 Å². The van der Waals surface area contributed by atoms with E-state index < -0.39 is 0 Å². The van der Waals surface area contributed by atoms with E-state index in [1.54, 1.807) is 19.5 Å². The number of esters is 1. The zero-order valence-corrected chi connectivity index (χ0v) is 19.4. The van der Waals surface area contributed by atoms with Crippen LogP contribution in [-0.4, -0.2) is 58.4 Å². The van der Waals surface area contributed by atoms with Crippen LogP contribution in [0.4, 0.5) is 11.6 Å². The number of benzene rings is 1. The first-order chi connectivity index (χ1) is 16.1. The first kappa shape index (κ1) is 21.6. The van der Waals surface area contributed by atoms with Crippen LogP contribution in [0.15, 0.2) is 24.5 Å². The number of anilines is 2. The van der Waals surface area contributed by atoms with Crippen molar-refractivity contribution in [2.45, 2.75) is 44.7 Å². The molecule has 3 heterocycles. The Kier molecular flexibility index (Phi) is 5.88. The number of rotatable bonds is 5. The predicted octanol–water partition coefficient (Wildman–Crippen LogP) is 3.47. The molecule has 1 N–H and O–H groups in total. The van der Waals surface area contributed by atoms with Crippen molar-refractivity contribution < 1.29 is 14.3 Å². The van der Waals surface area contributed by atoms with E-state index in [2.05, 4.69) is 39.5 Å². The summed E-state index contributed by atoms with van der Waals surface area (Å²) in [6.07, 6.45) is 7.96. The number of hydrogen-bond acceptors (Lipinski definition) is 8. The van der Waals surface area contributed by atoms with Gasteiger partial charge < -0.3 is 19.7 Å². The molecule has 2 aromatic heterocycles. The fourth-order valence-electron chi connectivity index (χ4n) is 5.00. The molecule has 1 saturated carbocycles. The maximum absolute atomic E-state index is 11.9. The molecule has 33 heavy (non-hydrogen) atoms. The molecule has 5 rings (SSSR count). The molecule has 9 heteroatoms. The van der Waals surface area contributed by atoms with Crippen molar-refractivity contribution >= 4 is 28.6 Å². The summed E-state index contributed by atoms with van der Waals surface area (Å²) in [5, 5.41) is 8.86. The average molecular weight is 451 g/mol. The monoisotopic (exact) mass is 450 g/mol. The lowest BCUT2D eigenvalue weighted by molar-refractivity contribution is -0.146. The van der Waals surface area contributed by atoms with Crippen molar-refractivity contribution in [1.82, 2.24) is 24.6 Å². The SMILES string of the molecule is COC(=O)C1CCC(n2ncc3cnc(Nc4cc5c(cc4OC)CCN(C)C5)nc32)CC1. The second-order valence-corrected chi connectivity index (χ2v) is 9.02. The first-order valence-electron chi connectivity index (χ1n) is 11.5. The van der Waals surface area contributed by atoms with Gasteiger partial charge in [-0.15, -0.1) is 0 Å². The van der Waals surface area contributed by atoms with E-state index >= 15 is 0 Å². The van der Waals surface area contributed by atoms with Crippen LogP contribution in [0.1, 0.15) is 42.9 Å². The fourth-order valence-corrected chi connectivity index (χ4v) is 5.00. The number of carbonyl (C=O) groups is 1. The van der Waals surface area contributed by atoms with Crippen LogP contribution in [0.3, 0.4) is 0 Å². The minimum Gasteiger partial charge on any atom is -0.495 e. The molecule has 1 fully saturated rings. The lowest BCUT2D eigenvalue weighted by Gasteiger charge is -2.27.